The fraction of sp³-hybridized carbons (Fsp3) is 0.647. The fourth-order valence-electron chi connectivity index (χ4n) is 2.79. The van der Waals surface area contributed by atoms with E-state index in [0.29, 0.717) is 0 Å². The second kappa shape index (κ2) is 8.16. The van der Waals surface area contributed by atoms with Crippen molar-refractivity contribution in [3.8, 4) is 0 Å². The SMILES string of the molecule is CCC(N)Cc1ccc(N(C)CCN2CCCC2)cc1Br. The van der Waals surface area contributed by atoms with Gasteiger partial charge >= 0.3 is 0 Å². The number of nitrogens with two attached hydrogens (primary N) is 1. The molecule has 1 unspecified atom stereocenters. The Kier molecular flexibility index (Phi) is 6.52. The Labute approximate surface area is 137 Å². The lowest BCUT2D eigenvalue weighted by Gasteiger charge is -2.24. The maximum atomic E-state index is 6.05. The summed E-state index contributed by atoms with van der Waals surface area (Å²) in [4.78, 5) is 4.90. The van der Waals surface area contributed by atoms with Crippen LogP contribution in [0.2, 0.25) is 0 Å². The first-order chi connectivity index (χ1) is 10.1. The van der Waals surface area contributed by atoms with E-state index in [4.69, 9.17) is 5.73 Å². The summed E-state index contributed by atoms with van der Waals surface area (Å²) in [5.41, 5.74) is 8.63. The molecule has 1 aromatic rings. The molecule has 1 fully saturated rings. The molecule has 4 heteroatoms. The standard InChI is InChI=1S/C17H28BrN3/c1-3-15(19)12-14-6-7-16(13-17(14)18)20(2)10-11-21-8-4-5-9-21/h6-7,13,15H,3-5,8-12,19H2,1-2H3. The van der Waals surface area contributed by atoms with Crippen LogP contribution in [0.5, 0.6) is 0 Å². The molecule has 118 valence electrons. The minimum Gasteiger partial charge on any atom is -0.373 e. The van der Waals surface area contributed by atoms with Gasteiger partial charge < -0.3 is 15.5 Å². The van der Waals surface area contributed by atoms with Crippen molar-refractivity contribution in [1.82, 2.24) is 4.90 Å². The number of hydrogen-bond acceptors (Lipinski definition) is 3. The monoisotopic (exact) mass is 353 g/mol. The van der Waals surface area contributed by atoms with Gasteiger partial charge in [0.25, 0.3) is 0 Å². The van der Waals surface area contributed by atoms with Gasteiger partial charge in [-0.3, -0.25) is 0 Å². The maximum absolute atomic E-state index is 6.05. The summed E-state index contributed by atoms with van der Waals surface area (Å²) >= 11 is 3.70. The second-order valence-electron chi connectivity index (χ2n) is 6.12. The molecule has 1 aliphatic rings. The van der Waals surface area contributed by atoms with Crippen LogP contribution in [0.15, 0.2) is 22.7 Å². The summed E-state index contributed by atoms with van der Waals surface area (Å²) in [6.07, 6.45) is 4.68. The number of halogens is 1. The molecule has 1 atom stereocenters. The van der Waals surface area contributed by atoms with Crippen LogP contribution in [-0.2, 0) is 6.42 Å². The van der Waals surface area contributed by atoms with Crippen molar-refractivity contribution in [1.29, 1.82) is 0 Å². The van der Waals surface area contributed by atoms with E-state index in [9.17, 15) is 0 Å². The van der Waals surface area contributed by atoms with Crippen molar-refractivity contribution < 1.29 is 0 Å². The highest BCUT2D eigenvalue weighted by atomic mass is 79.9. The van der Waals surface area contributed by atoms with E-state index in [-0.39, 0.29) is 6.04 Å². The van der Waals surface area contributed by atoms with Gasteiger partial charge in [0.2, 0.25) is 0 Å². The van der Waals surface area contributed by atoms with Gasteiger partial charge in [-0.05, 0) is 56.5 Å². The van der Waals surface area contributed by atoms with Crippen molar-refractivity contribution in [2.24, 2.45) is 5.73 Å². The van der Waals surface area contributed by atoms with Gasteiger partial charge in [0.1, 0.15) is 0 Å². The zero-order valence-electron chi connectivity index (χ0n) is 13.3. The van der Waals surface area contributed by atoms with E-state index < -0.39 is 0 Å². The predicted molar refractivity (Wildman–Crippen MR) is 95.1 cm³/mol. The number of hydrogen-bond donors (Lipinski definition) is 1. The average molecular weight is 354 g/mol. The number of benzene rings is 1. The van der Waals surface area contributed by atoms with Crippen LogP contribution in [0.4, 0.5) is 5.69 Å². The number of likely N-dealkylation sites (tertiary alicyclic amines) is 1. The van der Waals surface area contributed by atoms with Gasteiger partial charge in [-0.2, -0.15) is 0 Å². The summed E-state index contributed by atoms with van der Waals surface area (Å²) in [5.74, 6) is 0. The normalized spacial score (nSPS) is 17.1. The van der Waals surface area contributed by atoms with E-state index in [1.807, 2.05) is 0 Å². The topological polar surface area (TPSA) is 32.5 Å². The second-order valence-corrected chi connectivity index (χ2v) is 6.97. The van der Waals surface area contributed by atoms with E-state index in [1.165, 1.54) is 41.7 Å². The quantitative estimate of drug-likeness (QED) is 0.816. The largest absolute Gasteiger partial charge is 0.373 e. The van der Waals surface area contributed by atoms with Crippen LogP contribution in [0.25, 0.3) is 0 Å². The predicted octanol–water partition coefficient (Wildman–Crippen LogP) is 3.26. The molecule has 1 aliphatic heterocycles. The Hall–Kier alpha value is -0.580. The lowest BCUT2D eigenvalue weighted by molar-refractivity contribution is 0.346. The smallest absolute Gasteiger partial charge is 0.0375 e. The van der Waals surface area contributed by atoms with Crippen LogP contribution in [0, 0.1) is 0 Å². The Morgan fingerprint density at radius 1 is 1.33 bits per heavy atom. The highest BCUT2D eigenvalue weighted by Gasteiger charge is 2.13. The molecule has 0 bridgehead atoms. The third-order valence-corrected chi connectivity index (χ3v) is 5.17. The summed E-state index contributed by atoms with van der Waals surface area (Å²) < 4.78 is 1.18. The fourth-order valence-corrected chi connectivity index (χ4v) is 3.32. The van der Waals surface area contributed by atoms with Gasteiger partial charge in [0, 0.05) is 36.3 Å². The first-order valence-electron chi connectivity index (χ1n) is 8.07. The minimum absolute atomic E-state index is 0.250. The van der Waals surface area contributed by atoms with Crippen LogP contribution in [0.3, 0.4) is 0 Å². The summed E-state index contributed by atoms with van der Waals surface area (Å²) in [7, 11) is 2.18. The molecule has 21 heavy (non-hydrogen) atoms. The number of anilines is 1. The zero-order chi connectivity index (χ0) is 15.2. The van der Waals surface area contributed by atoms with Gasteiger partial charge in [-0.1, -0.05) is 28.9 Å². The highest BCUT2D eigenvalue weighted by molar-refractivity contribution is 9.10. The van der Waals surface area contributed by atoms with Crippen LogP contribution in [-0.4, -0.2) is 44.2 Å². The summed E-state index contributed by atoms with van der Waals surface area (Å²) in [6, 6.07) is 6.90. The van der Waals surface area contributed by atoms with E-state index in [1.54, 1.807) is 0 Å². The minimum atomic E-state index is 0.250. The molecular weight excluding hydrogens is 326 g/mol. The Bertz CT molecular complexity index is 444. The summed E-state index contributed by atoms with van der Waals surface area (Å²) in [6.45, 7) is 6.92. The highest BCUT2D eigenvalue weighted by Crippen LogP contribution is 2.25. The molecule has 1 aromatic carbocycles. The molecule has 2 rings (SSSR count). The molecule has 0 saturated carbocycles. The van der Waals surface area contributed by atoms with E-state index >= 15 is 0 Å². The molecule has 1 heterocycles. The Morgan fingerprint density at radius 3 is 2.67 bits per heavy atom. The van der Waals surface area contributed by atoms with E-state index in [0.717, 1.165) is 25.9 Å². The zero-order valence-corrected chi connectivity index (χ0v) is 14.9. The Balaban J connectivity index is 1.91. The van der Waals surface area contributed by atoms with Gasteiger partial charge in [0.05, 0.1) is 0 Å². The molecule has 1 saturated heterocycles. The van der Waals surface area contributed by atoms with Crippen LogP contribution >= 0.6 is 15.9 Å². The van der Waals surface area contributed by atoms with Crippen molar-refractivity contribution in [3.63, 3.8) is 0 Å². The van der Waals surface area contributed by atoms with Crippen molar-refractivity contribution in [3.05, 3.63) is 28.2 Å². The summed E-state index contributed by atoms with van der Waals surface area (Å²) in [5, 5.41) is 0. The van der Waals surface area contributed by atoms with Crippen LogP contribution in [0.1, 0.15) is 31.7 Å². The first-order valence-corrected chi connectivity index (χ1v) is 8.87. The molecule has 0 radical (unpaired) electrons. The lowest BCUT2D eigenvalue weighted by Crippen LogP contribution is -2.31. The molecule has 2 N–H and O–H groups in total. The van der Waals surface area contributed by atoms with Crippen molar-refractivity contribution >= 4 is 21.6 Å². The van der Waals surface area contributed by atoms with Crippen molar-refractivity contribution in [2.45, 2.75) is 38.6 Å². The van der Waals surface area contributed by atoms with Crippen molar-refractivity contribution in [2.75, 3.05) is 38.1 Å². The Morgan fingerprint density at radius 2 is 2.05 bits per heavy atom. The third-order valence-electron chi connectivity index (χ3n) is 4.43. The van der Waals surface area contributed by atoms with Gasteiger partial charge in [0.15, 0.2) is 0 Å². The van der Waals surface area contributed by atoms with Gasteiger partial charge in [-0.25, -0.2) is 0 Å². The molecule has 0 amide bonds. The van der Waals surface area contributed by atoms with Gasteiger partial charge in [-0.15, -0.1) is 0 Å². The lowest BCUT2D eigenvalue weighted by atomic mass is 10.0. The number of nitrogens with zero attached hydrogens (tertiary/aromatic N) is 2. The first kappa shape index (κ1) is 16.8. The molecule has 0 aliphatic carbocycles. The number of likely N-dealkylation sites (N-methyl/N-ethyl adjacent to an activating group) is 1. The molecule has 0 spiro atoms. The average Bonchev–Trinajstić information content (AvgIpc) is 3.00. The van der Waals surface area contributed by atoms with Crippen LogP contribution < -0.4 is 10.6 Å². The van der Waals surface area contributed by atoms with E-state index in [2.05, 4.69) is 57.9 Å². The molecule has 3 nitrogen and oxygen atoms in total. The maximum Gasteiger partial charge on any atom is 0.0375 e. The number of rotatable bonds is 7. The third kappa shape index (κ3) is 4.97. The molecule has 0 aromatic heterocycles. The molecular formula is C17H28BrN3.